The highest BCUT2D eigenvalue weighted by molar-refractivity contribution is 7.13. The van der Waals surface area contributed by atoms with Gasteiger partial charge in [0, 0.05) is 31.6 Å². The minimum Gasteiger partial charge on any atom is -0.388 e. The van der Waals surface area contributed by atoms with Crippen molar-refractivity contribution in [1.82, 2.24) is 9.88 Å². The van der Waals surface area contributed by atoms with Crippen LogP contribution < -0.4 is 4.90 Å². The molecule has 3 rings (SSSR count). The summed E-state index contributed by atoms with van der Waals surface area (Å²) in [6, 6.07) is 9.37. The zero-order chi connectivity index (χ0) is 16.9. The highest BCUT2D eigenvalue weighted by Crippen LogP contribution is 2.22. The molecule has 128 valence electrons. The number of carbonyl (C=O) groups excluding carboxylic acids is 1. The fraction of sp³-hybridized carbons (Fsp3) is 0.444. The monoisotopic (exact) mass is 345 g/mol. The average Bonchev–Trinajstić information content (AvgIpc) is 2.88. The van der Waals surface area contributed by atoms with Crippen LogP contribution in [0.4, 0.5) is 5.13 Å². The van der Waals surface area contributed by atoms with Crippen molar-refractivity contribution in [3.63, 3.8) is 0 Å². The molecule has 1 aliphatic rings. The molecule has 0 bridgehead atoms. The van der Waals surface area contributed by atoms with E-state index in [9.17, 15) is 9.90 Å². The first-order chi connectivity index (χ1) is 11.6. The van der Waals surface area contributed by atoms with E-state index in [0.717, 1.165) is 42.4 Å². The van der Waals surface area contributed by atoms with Crippen molar-refractivity contribution < 1.29 is 9.90 Å². The Hall–Kier alpha value is -1.92. The highest BCUT2D eigenvalue weighted by atomic mass is 32.1. The Morgan fingerprint density at radius 3 is 2.75 bits per heavy atom. The fourth-order valence-corrected chi connectivity index (χ4v) is 3.79. The summed E-state index contributed by atoms with van der Waals surface area (Å²) in [4.78, 5) is 21.2. The molecule has 1 fully saturated rings. The maximum absolute atomic E-state index is 12.5. The van der Waals surface area contributed by atoms with E-state index in [4.69, 9.17) is 0 Å². The van der Waals surface area contributed by atoms with Gasteiger partial charge in [-0.25, -0.2) is 4.98 Å². The minimum atomic E-state index is -0.736. The second kappa shape index (κ2) is 7.77. The predicted octanol–water partition coefficient (Wildman–Crippen LogP) is 2.61. The van der Waals surface area contributed by atoms with Gasteiger partial charge in [0.1, 0.15) is 0 Å². The lowest BCUT2D eigenvalue weighted by molar-refractivity contribution is -0.133. The number of aliphatic hydroxyl groups is 1. The van der Waals surface area contributed by atoms with Crippen molar-refractivity contribution >= 4 is 22.4 Å². The number of carbonyl (C=O) groups is 1. The van der Waals surface area contributed by atoms with Crippen LogP contribution >= 0.6 is 11.3 Å². The SMILES string of the molecule is Cc1csc(N2CCCN(C(=O)CC(O)c3ccccc3)CC2)n1. The standard InChI is InChI=1S/C18H23N3O2S/c1-14-13-24-18(19-14)21-9-5-8-20(10-11-21)17(23)12-16(22)15-6-3-2-4-7-15/h2-4,6-7,13,16,22H,5,8-12H2,1H3. The van der Waals surface area contributed by atoms with Gasteiger partial charge in [0.25, 0.3) is 0 Å². The molecule has 0 radical (unpaired) electrons. The van der Waals surface area contributed by atoms with Crippen molar-refractivity contribution in [2.45, 2.75) is 25.9 Å². The summed E-state index contributed by atoms with van der Waals surface area (Å²) in [5, 5.41) is 13.3. The molecule has 1 atom stereocenters. The van der Waals surface area contributed by atoms with Gasteiger partial charge in [-0.3, -0.25) is 4.79 Å². The number of amides is 1. The molecule has 2 aromatic rings. The predicted molar refractivity (Wildman–Crippen MR) is 96.3 cm³/mol. The third kappa shape index (κ3) is 4.13. The molecule has 0 saturated carbocycles. The molecule has 0 aliphatic carbocycles. The lowest BCUT2D eigenvalue weighted by Gasteiger charge is -2.23. The molecule has 1 saturated heterocycles. The summed E-state index contributed by atoms with van der Waals surface area (Å²) in [6.07, 6.45) is 0.325. The Labute approximate surface area is 146 Å². The number of aliphatic hydroxyl groups excluding tert-OH is 1. The number of hydrogen-bond donors (Lipinski definition) is 1. The number of aryl methyl sites for hydroxylation is 1. The Morgan fingerprint density at radius 2 is 2.04 bits per heavy atom. The van der Waals surface area contributed by atoms with Gasteiger partial charge >= 0.3 is 0 Å². The molecule has 1 N–H and O–H groups in total. The first-order valence-corrected chi connectivity index (χ1v) is 9.19. The van der Waals surface area contributed by atoms with E-state index in [2.05, 4.69) is 15.3 Å². The van der Waals surface area contributed by atoms with Gasteiger partial charge in [0.2, 0.25) is 5.91 Å². The lowest BCUT2D eigenvalue weighted by Crippen LogP contribution is -2.35. The van der Waals surface area contributed by atoms with Crippen LogP contribution in [-0.2, 0) is 4.79 Å². The van der Waals surface area contributed by atoms with E-state index in [1.165, 1.54) is 0 Å². The molecule has 1 unspecified atom stereocenters. The maximum atomic E-state index is 12.5. The Kier molecular flexibility index (Phi) is 5.48. The number of anilines is 1. The normalized spacial score (nSPS) is 16.8. The van der Waals surface area contributed by atoms with Crippen LogP contribution in [0.5, 0.6) is 0 Å². The van der Waals surface area contributed by atoms with Gasteiger partial charge in [-0.2, -0.15) is 0 Å². The average molecular weight is 345 g/mol. The Bertz CT molecular complexity index is 674. The van der Waals surface area contributed by atoms with E-state index in [1.54, 1.807) is 11.3 Å². The number of benzene rings is 1. The zero-order valence-electron chi connectivity index (χ0n) is 13.9. The lowest BCUT2D eigenvalue weighted by atomic mass is 10.1. The Balaban J connectivity index is 1.56. The van der Waals surface area contributed by atoms with Crippen molar-refractivity contribution in [3.05, 3.63) is 47.0 Å². The third-order valence-electron chi connectivity index (χ3n) is 4.28. The summed E-state index contributed by atoms with van der Waals surface area (Å²) in [6.45, 7) is 5.12. The van der Waals surface area contributed by atoms with E-state index in [-0.39, 0.29) is 12.3 Å². The molecule has 2 heterocycles. The van der Waals surface area contributed by atoms with Crippen LogP contribution in [0, 0.1) is 6.92 Å². The van der Waals surface area contributed by atoms with E-state index >= 15 is 0 Å². The summed E-state index contributed by atoms with van der Waals surface area (Å²) in [5.41, 5.74) is 1.83. The molecular formula is C18H23N3O2S. The quantitative estimate of drug-likeness (QED) is 0.925. The van der Waals surface area contributed by atoms with Crippen LogP contribution in [-0.4, -0.2) is 47.1 Å². The van der Waals surface area contributed by atoms with E-state index in [1.807, 2.05) is 42.2 Å². The molecule has 1 aromatic carbocycles. The summed E-state index contributed by atoms with van der Waals surface area (Å²) in [5.74, 6) is 0.0172. The largest absolute Gasteiger partial charge is 0.388 e. The number of hydrogen-bond acceptors (Lipinski definition) is 5. The minimum absolute atomic E-state index is 0.0172. The maximum Gasteiger partial charge on any atom is 0.225 e. The van der Waals surface area contributed by atoms with Gasteiger partial charge in [0.05, 0.1) is 18.2 Å². The first kappa shape index (κ1) is 16.9. The fourth-order valence-electron chi connectivity index (χ4n) is 2.93. The molecule has 1 amide bonds. The first-order valence-electron chi connectivity index (χ1n) is 8.31. The van der Waals surface area contributed by atoms with Crippen molar-refractivity contribution in [3.8, 4) is 0 Å². The van der Waals surface area contributed by atoms with E-state index in [0.29, 0.717) is 6.54 Å². The van der Waals surface area contributed by atoms with Gasteiger partial charge in [-0.05, 0) is 18.9 Å². The zero-order valence-corrected chi connectivity index (χ0v) is 14.7. The number of rotatable bonds is 4. The summed E-state index contributed by atoms with van der Waals surface area (Å²) in [7, 11) is 0. The molecule has 1 aromatic heterocycles. The van der Waals surface area contributed by atoms with Crippen LogP contribution in [0.15, 0.2) is 35.7 Å². The van der Waals surface area contributed by atoms with Gasteiger partial charge in [-0.15, -0.1) is 11.3 Å². The molecule has 0 spiro atoms. The molecule has 6 heteroatoms. The van der Waals surface area contributed by atoms with Gasteiger partial charge in [-0.1, -0.05) is 30.3 Å². The Morgan fingerprint density at radius 1 is 1.25 bits per heavy atom. The molecule has 24 heavy (non-hydrogen) atoms. The summed E-state index contributed by atoms with van der Waals surface area (Å²) < 4.78 is 0. The molecular weight excluding hydrogens is 322 g/mol. The van der Waals surface area contributed by atoms with Crippen LogP contribution in [0.2, 0.25) is 0 Å². The second-order valence-corrected chi connectivity index (χ2v) is 6.96. The number of aromatic nitrogens is 1. The third-order valence-corrected chi connectivity index (χ3v) is 5.30. The van der Waals surface area contributed by atoms with Crippen LogP contribution in [0.3, 0.4) is 0 Å². The number of nitrogens with zero attached hydrogens (tertiary/aromatic N) is 3. The topological polar surface area (TPSA) is 56.7 Å². The highest BCUT2D eigenvalue weighted by Gasteiger charge is 2.22. The number of thiazole rings is 1. The molecule has 5 nitrogen and oxygen atoms in total. The smallest absolute Gasteiger partial charge is 0.225 e. The van der Waals surface area contributed by atoms with Crippen molar-refractivity contribution in [1.29, 1.82) is 0 Å². The van der Waals surface area contributed by atoms with Crippen molar-refractivity contribution in [2.75, 3.05) is 31.1 Å². The van der Waals surface area contributed by atoms with Crippen molar-refractivity contribution in [2.24, 2.45) is 0 Å². The summed E-state index contributed by atoms with van der Waals surface area (Å²) >= 11 is 1.65. The molecule has 1 aliphatic heterocycles. The van der Waals surface area contributed by atoms with E-state index < -0.39 is 6.10 Å². The van der Waals surface area contributed by atoms with Crippen LogP contribution in [0.1, 0.15) is 30.2 Å². The van der Waals surface area contributed by atoms with Crippen LogP contribution in [0.25, 0.3) is 0 Å². The van der Waals surface area contributed by atoms with Gasteiger partial charge < -0.3 is 14.9 Å². The van der Waals surface area contributed by atoms with Gasteiger partial charge in [0.15, 0.2) is 5.13 Å². The second-order valence-electron chi connectivity index (χ2n) is 6.12.